The number of nitrogens with zero attached hydrogens (tertiary/aromatic N) is 1. The Balaban J connectivity index is 2.22. The first-order valence-electron chi connectivity index (χ1n) is 6.53. The second kappa shape index (κ2) is 5.77. The van der Waals surface area contributed by atoms with Gasteiger partial charge in [-0.3, -0.25) is 10.1 Å². The molecule has 0 aromatic heterocycles. The van der Waals surface area contributed by atoms with Gasteiger partial charge in [0.25, 0.3) is 0 Å². The Labute approximate surface area is 128 Å². The SMILES string of the molecule is CC(C)(C)c1ccc(Sc2ccc(O)c([N+](=O)[O-])c2)cc1. The fraction of sp³-hybridized carbons (Fsp3) is 0.250. The molecule has 0 aliphatic carbocycles. The van der Waals surface area contributed by atoms with E-state index in [0.717, 1.165) is 9.79 Å². The Morgan fingerprint density at radius 3 is 2.14 bits per heavy atom. The van der Waals surface area contributed by atoms with Crippen LogP contribution in [0.5, 0.6) is 5.75 Å². The Morgan fingerprint density at radius 1 is 1.05 bits per heavy atom. The van der Waals surface area contributed by atoms with E-state index >= 15 is 0 Å². The average molecular weight is 303 g/mol. The predicted octanol–water partition coefficient (Wildman–Crippen LogP) is 4.75. The zero-order chi connectivity index (χ0) is 15.6. The molecule has 2 aromatic rings. The maximum absolute atomic E-state index is 10.8. The highest BCUT2D eigenvalue weighted by Gasteiger charge is 2.15. The van der Waals surface area contributed by atoms with E-state index in [1.54, 1.807) is 6.07 Å². The second-order valence-electron chi connectivity index (χ2n) is 5.78. The molecule has 21 heavy (non-hydrogen) atoms. The summed E-state index contributed by atoms with van der Waals surface area (Å²) in [5, 5.41) is 20.3. The van der Waals surface area contributed by atoms with Crippen molar-refractivity contribution in [3.63, 3.8) is 0 Å². The second-order valence-corrected chi connectivity index (χ2v) is 6.93. The van der Waals surface area contributed by atoms with E-state index in [2.05, 4.69) is 32.9 Å². The molecular formula is C16H17NO3S. The van der Waals surface area contributed by atoms with E-state index in [0.29, 0.717) is 0 Å². The van der Waals surface area contributed by atoms with Gasteiger partial charge in [-0.15, -0.1) is 0 Å². The zero-order valence-electron chi connectivity index (χ0n) is 12.2. The Bertz CT molecular complexity index is 660. The van der Waals surface area contributed by atoms with E-state index < -0.39 is 4.92 Å². The molecule has 0 radical (unpaired) electrons. The van der Waals surface area contributed by atoms with Gasteiger partial charge in [0.15, 0.2) is 5.75 Å². The molecule has 0 spiro atoms. The molecule has 0 heterocycles. The number of rotatable bonds is 3. The summed E-state index contributed by atoms with van der Waals surface area (Å²) in [6, 6.07) is 12.6. The molecule has 0 aliphatic rings. The van der Waals surface area contributed by atoms with Gasteiger partial charge >= 0.3 is 5.69 Å². The fourth-order valence-electron chi connectivity index (χ4n) is 1.87. The summed E-state index contributed by atoms with van der Waals surface area (Å²) in [5.41, 5.74) is 1.07. The highest BCUT2D eigenvalue weighted by molar-refractivity contribution is 7.99. The van der Waals surface area contributed by atoms with Gasteiger partial charge in [-0.05, 0) is 35.2 Å². The number of benzene rings is 2. The van der Waals surface area contributed by atoms with Crippen molar-refractivity contribution in [3.05, 3.63) is 58.1 Å². The Morgan fingerprint density at radius 2 is 1.62 bits per heavy atom. The molecule has 2 rings (SSSR count). The molecule has 5 heteroatoms. The van der Waals surface area contributed by atoms with Crippen LogP contribution in [0.25, 0.3) is 0 Å². The maximum Gasteiger partial charge on any atom is 0.311 e. The maximum atomic E-state index is 10.8. The van der Waals surface area contributed by atoms with Crippen LogP contribution in [0.1, 0.15) is 26.3 Å². The molecule has 0 bridgehead atoms. The summed E-state index contributed by atoms with van der Waals surface area (Å²) in [4.78, 5) is 12.0. The van der Waals surface area contributed by atoms with Crippen molar-refractivity contribution in [1.82, 2.24) is 0 Å². The first-order chi connectivity index (χ1) is 9.77. The molecule has 1 N–H and O–H groups in total. The van der Waals surface area contributed by atoms with Gasteiger partial charge < -0.3 is 5.11 Å². The lowest BCUT2D eigenvalue weighted by Crippen LogP contribution is -2.10. The van der Waals surface area contributed by atoms with Gasteiger partial charge in [-0.2, -0.15) is 0 Å². The van der Waals surface area contributed by atoms with Gasteiger partial charge in [0.1, 0.15) is 0 Å². The minimum Gasteiger partial charge on any atom is -0.502 e. The van der Waals surface area contributed by atoms with Crippen LogP contribution in [0.2, 0.25) is 0 Å². The first kappa shape index (κ1) is 15.4. The lowest BCUT2D eigenvalue weighted by molar-refractivity contribution is -0.386. The van der Waals surface area contributed by atoms with Gasteiger partial charge in [0, 0.05) is 15.9 Å². The molecule has 4 nitrogen and oxygen atoms in total. The van der Waals surface area contributed by atoms with E-state index in [1.807, 2.05) is 12.1 Å². The van der Waals surface area contributed by atoms with Crippen LogP contribution < -0.4 is 0 Å². The average Bonchev–Trinajstić information content (AvgIpc) is 2.40. The molecule has 0 atom stereocenters. The lowest BCUT2D eigenvalue weighted by atomic mass is 9.87. The molecule has 110 valence electrons. The monoisotopic (exact) mass is 303 g/mol. The van der Waals surface area contributed by atoms with Crippen LogP contribution in [-0.2, 0) is 5.41 Å². The van der Waals surface area contributed by atoms with Crippen molar-refractivity contribution < 1.29 is 10.0 Å². The summed E-state index contributed by atoms with van der Waals surface area (Å²) in [6.07, 6.45) is 0. The van der Waals surface area contributed by atoms with Crippen molar-refractivity contribution in [2.75, 3.05) is 0 Å². The number of phenols is 1. The van der Waals surface area contributed by atoms with Gasteiger partial charge in [0.05, 0.1) is 4.92 Å². The molecule has 0 amide bonds. The molecule has 0 saturated heterocycles. The number of phenolic OH excluding ortho intramolecular Hbond substituents is 1. The Kier molecular flexibility index (Phi) is 4.23. The minimum atomic E-state index is -0.581. The summed E-state index contributed by atoms with van der Waals surface area (Å²) >= 11 is 1.43. The molecule has 0 aliphatic heterocycles. The first-order valence-corrected chi connectivity index (χ1v) is 7.35. The van der Waals surface area contributed by atoms with Crippen LogP contribution in [0, 0.1) is 10.1 Å². The molecule has 0 fully saturated rings. The summed E-state index contributed by atoms with van der Waals surface area (Å²) in [7, 11) is 0. The summed E-state index contributed by atoms with van der Waals surface area (Å²) < 4.78 is 0. The quantitative estimate of drug-likeness (QED) is 0.656. The summed E-state index contributed by atoms with van der Waals surface area (Å²) in [6.45, 7) is 6.45. The number of hydrogen-bond donors (Lipinski definition) is 1. The topological polar surface area (TPSA) is 63.4 Å². The van der Waals surface area contributed by atoms with Crippen molar-refractivity contribution in [3.8, 4) is 5.75 Å². The van der Waals surface area contributed by atoms with Gasteiger partial charge in [-0.1, -0.05) is 44.7 Å². The lowest BCUT2D eigenvalue weighted by Gasteiger charge is -2.19. The van der Waals surface area contributed by atoms with Crippen LogP contribution in [0.3, 0.4) is 0 Å². The van der Waals surface area contributed by atoms with E-state index in [1.165, 1.54) is 29.5 Å². The zero-order valence-corrected chi connectivity index (χ0v) is 13.0. The standard InChI is InChI=1S/C16H17NO3S/c1-16(2,3)11-4-6-12(7-5-11)21-13-8-9-15(18)14(10-13)17(19)20/h4-10,18H,1-3H3. The largest absolute Gasteiger partial charge is 0.502 e. The Hall–Kier alpha value is -2.01. The van der Waals surface area contributed by atoms with Crippen molar-refractivity contribution in [2.24, 2.45) is 0 Å². The van der Waals surface area contributed by atoms with Crippen LogP contribution in [0.4, 0.5) is 5.69 Å². The van der Waals surface area contributed by atoms with E-state index in [9.17, 15) is 15.2 Å². The third kappa shape index (κ3) is 3.76. The highest BCUT2D eigenvalue weighted by Crippen LogP contribution is 2.35. The highest BCUT2D eigenvalue weighted by atomic mass is 32.2. The molecule has 0 saturated carbocycles. The minimum absolute atomic E-state index is 0.0977. The molecule has 2 aromatic carbocycles. The summed E-state index contributed by atoms with van der Waals surface area (Å²) in [5.74, 6) is -0.313. The van der Waals surface area contributed by atoms with Crippen LogP contribution in [0.15, 0.2) is 52.3 Å². The number of nitro benzene ring substituents is 1. The fourth-order valence-corrected chi connectivity index (χ4v) is 2.72. The number of aromatic hydroxyl groups is 1. The van der Waals surface area contributed by atoms with Gasteiger partial charge in [-0.25, -0.2) is 0 Å². The number of hydrogen-bond acceptors (Lipinski definition) is 4. The van der Waals surface area contributed by atoms with Crippen molar-refractivity contribution in [2.45, 2.75) is 36.0 Å². The van der Waals surface area contributed by atoms with Crippen molar-refractivity contribution >= 4 is 17.4 Å². The van der Waals surface area contributed by atoms with E-state index in [-0.39, 0.29) is 16.9 Å². The third-order valence-electron chi connectivity index (χ3n) is 3.10. The third-order valence-corrected chi connectivity index (χ3v) is 4.10. The van der Waals surface area contributed by atoms with Crippen molar-refractivity contribution in [1.29, 1.82) is 0 Å². The number of nitro groups is 1. The van der Waals surface area contributed by atoms with E-state index in [4.69, 9.17) is 0 Å². The van der Waals surface area contributed by atoms with Gasteiger partial charge in [0.2, 0.25) is 0 Å². The van der Waals surface area contributed by atoms with Crippen LogP contribution >= 0.6 is 11.8 Å². The smallest absolute Gasteiger partial charge is 0.311 e. The predicted molar refractivity (Wildman–Crippen MR) is 84.0 cm³/mol. The molecular weight excluding hydrogens is 286 g/mol. The normalized spacial score (nSPS) is 11.4. The van der Waals surface area contributed by atoms with Crippen LogP contribution in [-0.4, -0.2) is 10.0 Å². The molecule has 0 unspecified atom stereocenters.